The Morgan fingerprint density at radius 2 is 2.20 bits per heavy atom. The summed E-state index contributed by atoms with van der Waals surface area (Å²) in [6, 6.07) is 1.06. The number of aromatic carboxylic acids is 1. The van der Waals surface area contributed by atoms with Crippen LogP contribution >= 0.6 is 11.6 Å². The molecular formula is C10H11ClO4. The van der Waals surface area contributed by atoms with Gasteiger partial charge in [0.2, 0.25) is 0 Å². The molecule has 1 N–H and O–H groups in total. The first-order valence-electron chi connectivity index (χ1n) is 5.42. The van der Waals surface area contributed by atoms with Crippen LogP contribution in [0.15, 0.2) is 6.07 Å². The third-order valence-corrected chi connectivity index (χ3v) is 2.21. The van der Waals surface area contributed by atoms with Crippen LogP contribution in [0.5, 0.6) is 11.5 Å². The summed E-state index contributed by atoms with van der Waals surface area (Å²) in [4.78, 5) is 11.0. The second kappa shape index (κ2) is 4.40. The molecule has 0 saturated carbocycles. The molecule has 0 aliphatic heterocycles. The van der Waals surface area contributed by atoms with Crippen LogP contribution in [-0.4, -0.2) is 25.3 Å². The van der Waals surface area contributed by atoms with E-state index in [1.165, 1.54) is 14.2 Å². The lowest BCUT2D eigenvalue weighted by Gasteiger charge is -2.13. The molecule has 0 radical (unpaired) electrons. The lowest BCUT2D eigenvalue weighted by Crippen LogP contribution is -2.02. The summed E-state index contributed by atoms with van der Waals surface area (Å²) < 4.78 is 32.0. The fourth-order valence-corrected chi connectivity index (χ4v) is 1.43. The van der Waals surface area contributed by atoms with E-state index in [4.69, 9.17) is 30.3 Å². The SMILES string of the molecule is [2H]C([2H])([2H])c1c(OC)cc(C(=O)O)c(Cl)c1OC. The molecule has 0 heterocycles. The summed E-state index contributed by atoms with van der Waals surface area (Å²) in [5.41, 5.74) is -0.527. The molecule has 0 bridgehead atoms. The molecule has 4 nitrogen and oxygen atoms in total. The summed E-state index contributed by atoms with van der Waals surface area (Å²) in [6.45, 7) is -2.53. The van der Waals surface area contributed by atoms with Crippen LogP contribution in [0.1, 0.15) is 20.0 Å². The number of methoxy groups -OCH3 is 2. The summed E-state index contributed by atoms with van der Waals surface area (Å²) in [5, 5.41) is 8.70. The molecule has 0 spiro atoms. The van der Waals surface area contributed by atoms with E-state index in [0.29, 0.717) is 0 Å². The first-order valence-corrected chi connectivity index (χ1v) is 4.30. The number of carbonyl (C=O) groups is 1. The zero-order valence-corrected chi connectivity index (χ0v) is 8.88. The Labute approximate surface area is 96.6 Å². The van der Waals surface area contributed by atoms with E-state index in [1.54, 1.807) is 0 Å². The van der Waals surface area contributed by atoms with E-state index in [1.807, 2.05) is 0 Å². The maximum absolute atomic E-state index is 11.0. The Morgan fingerprint density at radius 1 is 1.53 bits per heavy atom. The Balaban J connectivity index is 3.71. The van der Waals surface area contributed by atoms with Gasteiger partial charge in [-0.25, -0.2) is 4.79 Å². The molecule has 0 amide bonds. The lowest BCUT2D eigenvalue weighted by molar-refractivity contribution is 0.0696. The predicted octanol–water partition coefficient (Wildman–Crippen LogP) is 2.36. The van der Waals surface area contributed by atoms with Gasteiger partial charge in [0.25, 0.3) is 0 Å². The topological polar surface area (TPSA) is 55.8 Å². The van der Waals surface area contributed by atoms with Gasteiger partial charge in [0.1, 0.15) is 11.5 Å². The maximum Gasteiger partial charge on any atom is 0.337 e. The summed E-state index contributed by atoms with van der Waals surface area (Å²) >= 11 is 5.83. The van der Waals surface area contributed by atoms with Gasteiger partial charge < -0.3 is 14.6 Å². The van der Waals surface area contributed by atoms with Crippen LogP contribution in [0.3, 0.4) is 0 Å². The van der Waals surface area contributed by atoms with Crippen molar-refractivity contribution >= 4 is 17.6 Å². The number of halogens is 1. The normalized spacial score (nSPS) is 13.7. The monoisotopic (exact) mass is 233 g/mol. The van der Waals surface area contributed by atoms with Crippen LogP contribution in [0.25, 0.3) is 0 Å². The van der Waals surface area contributed by atoms with Gasteiger partial charge >= 0.3 is 5.97 Å². The highest BCUT2D eigenvalue weighted by Crippen LogP contribution is 2.37. The molecule has 15 heavy (non-hydrogen) atoms. The van der Waals surface area contributed by atoms with Crippen LogP contribution < -0.4 is 9.47 Å². The van der Waals surface area contributed by atoms with Crippen molar-refractivity contribution in [3.05, 3.63) is 22.2 Å². The second-order valence-corrected chi connectivity index (χ2v) is 3.03. The number of benzene rings is 1. The molecule has 82 valence electrons. The summed E-state index contributed by atoms with van der Waals surface area (Å²) in [7, 11) is 2.45. The number of ether oxygens (including phenoxy) is 2. The smallest absolute Gasteiger partial charge is 0.337 e. The number of hydrogen-bond acceptors (Lipinski definition) is 3. The average molecular weight is 234 g/mol. The first kappa shape index (κ1) is 7.82. The van der Waals surface area contributed by atoms with Gasteiger partial charge in [0, 0.05) is 9.68 Å². The van der Waals surface area contributed by atoms with Crippen LogP contribution in [0, 0.1) is 6.85 Å². The van der Waals surface area contributed by atoms with Crippen molar-refractivity contribution in [3.8, 4) is 11.5 Å². The molecule has 0 aliphatic rings. The third kappa shape index (κ3) is 1.99. The minimum absolute atomic E-state index is 0.103. The van der Waals surface area contributed by atoms with E-state index in [9.17, 15) is 4.79 Å². The molecule has 5 heteroatoms. The molecule has 0 aromatic heterocycles. The number of rotatable bonds is 3. The van der Waals surface area contributed by atoms with Crippen molar-refractivity contribution < 1.29 is 23.5 Å². The zero-order chi connectivity index (χ0) is 14.1. The second-order valence-electron chi connectivity index (χ2n) is 2.65. The minimum atomic E-state index is -2.53. The Kier molecular flexibility index (Phi) is 2.29. The molecule has 0 fully saturated rings. The zero-order valence-electron chi connectivity index (χ0n) is 11.1. The fraction of sp³-hybridized carbons (Fsp3) is 0.300. The Hall–Kier alpha value is -1.42. The fourth-order valence-electron chi connectivity index (χ4n) is 1.12. The highest BCUT2D eigenvalue weighted by atomic mass is 35.5. The number of carboxylic acids is 1. The highest BCUT2D eigenvalue weighted by molar-refractivity contribution is 6.35. The molecule has 1 aromatic carbocycles. The van der Waals surface area contributed by atoms with Gasteiger partial charge in [-0.3, -0.25) is 0 Å². The van der Waals surface area contributed by atoms with Crippen molar-refractivity contribution in [2.45, 2.75) is 6.85 Å². The number of hydrogen-bond donors (Lipinski definition) is 1. The van der Waals surface area contributed by atoms with Gasteiger partial charge in [-0.2, -0.15) is 0 Å². The van der Waals surface area contributed by atoms with Crippen molar-refractivity contribution in [1.29, 1.82) is 0 Å². The average Bonchev–Trinajstić information content (AvgIpc) is 2.26. The van der Waals surface area contributed by atoms with Crippen LogP contribution in [0.4, 0.5) is 0 Å². The van der Waals surface area contributed by atoms with E-state index in [2.05, 4.69) is 0 Å². The van der Waals surface area contributed by atoms with Gasteiger partial charge in [-0.05, 0) is 12.9 Å². The molecule has 0 unspecified atom stereocenters. The van der Waals surface area contributed by atoms with Crippen molar-refractivity contribution in [2.75, 3.05) is 14.2 Å². The van der Waals surface area contributed by atoms with Crippen molar-refractivity contribution in [1.82, 2.24) is 0 Å². The van der Waals surface area contributed by atoms with E-state index in [0.717, 1.165) is 6.07 Å². The predicted molar refractivity (Wildman–Crippen MR) is 56.3 cm³/mol. The summed E-state index contributed by atoms with van der Waals surface area (Å²) in [5.74, 6) is -1.62. The Bertz CT molecular complexity index is 485. The van der Waals surface area contributed by atoms with Gasteiger partial charge in [0.05, 0.1) is 24.8 Å². The van der Waals surface area contributed by atoms with Crippen molar-refractivity contribution in [2.24, 2.45) is 0 Å². The van der Waals surface area contributed by atoms with E-state index < -0.39 is 12.8 Å². The highest BCUT2D eigenvalue weighted by Gasteiger charge is 2.19. The largest absolute Gasteiger partial charge is 0.496 e. The molecule has 1 aromatic rings. The van der Waals surface area contributed by atoms with Gasteiger partial charge in [0.15, 0.2) is 0 Å². The maximum atomic E-state index is 11.0. The minimum Gasteiger partial charge on any atom is -0.496 e. The lowest BCUT2D eigenvalue weighted by atomic mass is 10.1. The Morgan fingerprint density at radius 3 is 2.60 bits per heavy atom. The van der Waals surface area contributed by atoms with E-state index in [-0.39, 0.29) is 27.6 Å². The summed E-state index contributed by atoms with van der Waals surface area (Å²) in [6.07, 6.45) is 0. The van der Waals surface area contributed by atoms with Crippen LogP contribution in [0.2, 0.25) is 5.02 Å². The third-order valence-electron chi connectivity index (χ3n) is 1.84. The quantitative estimate of drug-likeness (QED) is 0.871. The first-order chi connectivity index (χ1) is 8.23. The van der Waals surface area contributed by atoms with Gasteiger partial charge in [-0.15, -0.1) is 0 Å². The molecular weight excluding hydrogens is 220 g/mol. The standard InChI is InChI=1S/C10H11ClO4/c1-5-7(14-2)4-6(10(12)13)8(11)9(5)15-3/h4H,1-3H3,(H,12,13)/i1D3. The number of carboxylic acid groups (broad SMARTS) is 1. The molecule has 1 rings (SSSR count). The van der Waals surface area contributed by atoms with Crippen molar-refractivity contribution in [3.63, 3.8) is 0 Å². The molecule has 0 saturated heterocycles. The van der Waals surface area contributed by atoms with Gasteiger partial charge in [-0.1, -0.05) is 11.6 Å². The van der Waals surface area contributed by atoms with Crippen LogP contribution in [-0.2, 0) is 0 Å². The molecule has 0 aliphatic carbocycles. The molecule has 0 atom stereocenters. The van der Waals surface area contributed by atoms with E-state index >= 15 is 0 Å².